The van der Waals surface area contributed by atoms with E-state index in [-0.39, 0.29) is 75.9 Å². The molecule has 2 aromatic rings. The number of allylic oxidation sites excluding steroid dienone is 2. The van der Waals surface area contributed by atoms with Gasteiger partial charge in [-0.3, -0.25) is 18.7 Å². The molecule has 0 fully saturated rings. The second kappa shape index (κ2) is 25.0. The standard InChI is InChI=1S/C27H44NO8PSi.C18H24NO8P/c1-9-35-37(31,36-10-2)15-13-28(19-29)17-20(3)11-12-22-25(32-5)21(4)23-18-34-27(30)24(23)26(22)33-14-16-38(6,7)8;1-11(8-19(10-20)6-7-28(23,24)25)4-5-13-16(21)15-14(9-27-18(15)22)12(2)17(13)26-3/h11,19H,9-10,12-18H2,1-8H3;4,10,21H,5-9H2,1-3H3,(H2,23,24,25)/b20-11+;11-4+. The van der Waals surface area contributed by atoms with Crippen LogP contribution in [0.4, 0.5) is 0 Å². The van der Waals surface area contributed by atoms with Gasteiger partial charge in [0.15, 0.2) is 0 Å². The van der Waals surface area contributed by atoms with Crippen LogP contribution in [0.5, 0.6) is 23.0 Å². The Labute approximate surface area is 389 Å². The number of fused-ring (bicyclic) bond motifs is 2. The summed E-state index contributed by atoms with van der Waals surface area (Å²) in [5.41, 5.74) is 6.52. The maximum Gasteiger partial charge on any atom is 0.342 e. The lowest BCUT2D eigenvalue weighted by molar-refractivity contribution is -0.118. The maximum atomic E-state index is 12.8. The minimum Gasteiger partial charge on any atom is -0.507 e. The van der Waals surface area contributed by atoms with E-state index in [1.54, 1.807) is 45.8 Å². The topological polar surface area (TPSA) is 234 Å². The lowest BCUT2D eigenvalue weighted by Crippen LogP contribution is -2.27. The number of phenols is 1. The summed E-state index contributed by atoms with van der Waals surface area (Å²) >= 11 is 0. The van der Waals surface area contributed by atoms with Crippen molar-refractivity contribution >= 4 is 48.0 Å². The van der Waals surface area contributed by atoms with Crippen LogP contribution in [-0.2, 0) is 63.3 Å². The molecule has 368 valence electrons. The van der Waals surface area contributed by atoms with Gasteiger partial charge < -0.3 is 57.4 Å². The fraction of sp³-hybridized carbons (Fsp3) is 0.556. The van der Waals surface area contributed by atoms with E-state index in [4.69, 9.17) is 42.5 Å². The highest BCUT2D eigenvalue weighted by molar-refractivity contribution is 7.53. The summed E-state index contributed by atoms with van der Waals surface area (Å²) in [7, 11) is -5.71. The number of aromatic hydroxyl groups is 1. The molecule has 2 heterocycles. The fourth-order valence-corrected chi connectivity index (χ4v) is 10.2. The summed E-state index contributed by atoms with van der Waals surface area (Å²) in [4.78, 5) is 68.2. The molecule has 3 N–H and O–H groups in total. The highest BCUT2D eigenvalue weighted by atomic mass is 31.2. The third kappa shape index (κ3) is 15.5. The molecule has 0 radical (unpaired) electrons. The van der Waals surface area contributed by atoms with Crippen LogP contribution in [0, 0.1) is 13.8 Å². The largest absolute Gasteiger partial charge is 0.507 e. The van der Waals surface area contributed by atoms with Crippen LogP contribution in [-0.4, -0.2) is 130 Å². The van der Waals surface area contributed by atoms with E-state index in [1.165, 1.54) is 12.0 Å². The molecule has 2 aliphatic heterocycles. The predicted molar refractivity (Wildman–Crippen MR) is 252 cm³/mol. The van der Waals surface area contributed by atoms with Crippen LogP contribution < -0.4 is 14.2 Å². The Morgan fingerprint density at radius 1 is 0.742 bits per heavy atom. The third-order valence-electron chi connectivity index (χ3n) is 10.9. The Balaban J connectivity index is 0.000000367. The van der Waals surface area contributed by atoms with Crippen LogP contribution in [0.1, 0.15) is 81.8 Å². The molecule has 0 saturated heterocycles. The number of benzene rings is 2. The van der Waals surface area contributed by atoms with Crippen molar-refractivity contribution in [2.24, 2.45) is 0 Å². The number of hydrogen-bond acceptors (Lipinski definition) is 14. The minimum atomic E-state index is -4.19. The van der Waals surface area contributed by atoms with Gasteiger partial charge in [-0.05, 0) is 71.6 Å². The van der Waals surface area contributed by atoms with Crippen molar-refractivity contribution in [1.29, 1.82) is 0 Å². The Morgan fingerprint density at radius 2 is 1.20 bits per heavy atom. The number of carbonyl (C=O) groups is 4. The van der Waals surface area contributed by atoms with Crippen molar-refractivity contribution in [2.75, 3.05) is 72.5 Å². The van der Waals surface area contributed by atoms with Gasteiger partial charge in [0.1, 0.15) is 47.3 Å². The molecule has 2 aromatic carbocycles. The normalized spacial score (nSPS) is 13.8. The molecule has 0 unspecified atom stereocenters. The van der Waals surface area contributed by atoms with Crippen molar-refractivity contribution in [3.05, 3.63) is 67.8 Å². The van der Waals surface area contributed by atoms with Gasteiger partial charge in [-0.15, -0.1) is 0 Å². The summed E-state index contributed by atoms with van der Waals surface area (Å²) in [6, 6.07) is 0.947. The highest BCUT2D eigenvalue weighted by Crippen LogP contribution is 2.48. The summed E-state index contributed by atoms with van der Waals surface area (Å²) in [5.74, 6) is 0.523. The summed E-state index contributed by atoms with van der Waals surface area (Å²) < 4.78 is 62.3. The summed E-state index contributed by atoms with van der Waals surface area (Å²) in [5, 5.41) is 10.6. The number of ether oxygens (including phenoxy) is 5. The van der Waals surface area contributed by atoms with E-state index < -0.39 is 35.4 Å². The SMILES string of the molecule is CCOP(=O)(CCN(C=O)C/C(C)=C/Cc1c(OC)c(C)c2c(c1OCC[Si](C)(C)C)C(=O)OC2)OCC.COc1c(C)c2c(c(O)c1C/C=C(\C)CN(C=O)CCP(=O)(O)O)C(=O)OC2. The molecule has 0 spiro atoms. The van der Waals surface area contributed by atoms with Crippen molar-refractivity contribution in [2.45, 2.75) is 93.3 Å². The zero-order valence-electron chi connectivity index (χ0n) is 40.1. The molecule has 21 heteroatoms. The van der Waals surface area contributed by atoms with Crippen LogP contribution in [0.3, 0.4) is 0 Å². The number of nitrogens with zero attached hydrogens (tertiary/aromatic N) is 2. The number of methoxy groups -OCH3 is 2. The quantitative estimate of drug-likeness (QED) is 0.0280. The van der Waals surface area contributed by atoms with E-state index in [9.17, 15) is 33.4 Å². The number of cyclic esters (lactones) is 2. The molecular formula is C45H68N2O16P2Si. The van der Waals surface area contributed by atoms with E-state index in [2.05, 4.69) is 19.6 Å². The Morgan fingerprint density at radius 3 is 1.65 bits per heavy atom. The van der Waals surface area contributed by atoms with Gasteiger partial charge in [-0.25, -0.2) is 9.59 Å². The molecule has 0 aliphatic carbocycles. The fourth-order valence-electron chi connectivity index (χ4n) is 7.39. The molecule has 2 aliphatic rings. The van der Waals surface area contributed by atoms with Gasteiger partial charge in [-0.2, -0.15) is 0 Å². The van der Waals surface area contributed by atoms with E-state index in [1.807, 2.05) is 19.9 Å². The molecule has 0 aromatic heterocycles. The molecule has 0 atom stereocenters. The van der Waals surface area contributed by atoms with Crippen molar-refractivity contribution in [1.82, 2.24) is 9.80 Å². The maximum absolute atomic E-state index is 12.8. The van der Waals surface area contributed by atoms with Gasteiger partial charge in [0.2, 0.25) is 12.8 Å². The third-order valence-corrected chi connectivity index (χ3v) is 15.4. The molecule has 4 rings (SSSR count). The number of rotatable bonds is 26. The highest BCUT2D eigenvalue weighted by Gasteiger charge is 2.34. The van der Waals surface area contributed by atoms with Crippen LogP contribution >= 0.6 is 15.2 Å². The first-order chi connectivity index (χ1) is 31.0. The smallest absolute Gasteiger partial charge is 0.342 e. The predicted octanol–water partition coefficient (Wildman–Crippen LogP) is 7.11. The number of hydrogen-bond donors (Lipinski definition) is 3. The van der Waals surface area contributed by atoms with Gasteiger partial charge in [-0.1, -0.05) is 42.9 Å². The van der Waals surface area contributed by atoms with Crippen molar-refractivity contribution in [3.8, 4) is 23.0 Å². The lowest BCUT2D eigenvalue weighted by Gasteiger charge is -2.23. The zero-order chi connectivity index (χ0) is 49.6. The number of carbonyl (C=O) groups excluding carboxylic acids is 4. The van der Waals surface area contributed by atoms with Gasteiger partial charge >= 0.3 is 27.1 Å². The number of esters is 2. The minimum absolute atomic E-state index is 0.0721. The number of phenolic OH excluding ortho intramolecular Hbond substituents is 1. The van der Waals surface area contributed by atoms with Crippen molar-refractivity contribution in [3.63, 3.8) is 0 Å². The first-order valence-corrected chi connectivity index (χ1v) is 28.9. The van der Waals surface area contributed by atoms with Crippen molar-refractivity contribution < 1.29 is 75.9 Å². The molecular weight excluding hydrogens is 915 g/mol. The van der Waals surface area contributed by atoms with Gasteiger partial charge in [0.25, 0.3) is 0 Å². The Hall–Kier alpha value is -4.48. The van der Waals surface area contributed by atoms with Crippen LogP contribution in [0.2, 0.25) is 25.7 Å². The second-order valence-corrected chi connectivity index (χ2v) is 26.8. The molecule has 0 saturated carbocycles. The van der Waals surface area contributed by atoms with Gasteiger partial charge in [0.05, 0.1) is 46.4 Å². The first-order valence-electron chi connectivity index (χ1n) is 21.7. The number of amides is 2. The van der Waals surface area contributed by atoms with E-state index in [0.29, 0.717) is 59.9 Å². The van der Waals surface area contributed by atoms with E-state index >= 15 is 0 Å². The monoisotopic (exact) mass is 982 g/mol. The Bertz CT molecular complexity index is 2220. The molecule has 0 bridgehead atoms. The zero-order valence-corrected chi connectivity index (χ0v) is 42.9. The molecule has 2 amide bonds. The lowest BCUT2D eigenvalue weighted by atomic mass is 9.94. The summed E-state index contributed by atoms with van der Waals surface area (Å²) in [6.07, 6.45) is 5.42. The second-order valence-electron chi connectivity index (χ2n) is 17.2. The first kappa shape index (κ1) is 55.8. The average molecular weight is 983 g/mol. The van der Waals surface area contributed by atoms with Crippen LogP contribution in [0.25, 0.3) is 0 Å². The Kier molecular flexibility index (Phi) is 21.2. The van der Waals surface area contributed by atoms with Crippen LogP contribution in [0.15, 0.2) is 23.3 Å². The molecule has 18 nitrogen and oxygen atoms in total. The molecule has 66 heavy (non-hydrogen) atoms. The van der Waals surface area contributed by atoms with Gasteiger partial charge in [0, 0.05) is 56.5 Å². The van der Waals surface area contributed by atoms with E-state index in [0.717, 1.165) is 45.9 Å². The average Bonchev–Trinajstić information content (AvgIpc) is 3.84. The summed E-state index contributed by atoms with van der Waals surface area (Å²) in [6.45, 7) is 19.8.